The van der Waals surface area contributed by atoms with Gasteiger partial charge >= 0.3 is 0 Å². The lowest BCUT2D eigenvalue weighted by atomic mass is 9.82. The summed E-state index contributed by atoms with van der Waals surface area (Å²) in [6.07, 6.45) is 1.33. The van der Waals surface area contributed by atoms with Crippen LogP contribution in [0.4, 0.5) is 13.2 Å². The summed E-state index contributed by atoms with van der Waals surface area (Å²) in [5.74, 6) is -2.98. The first-order chi connectivity index (χ1) is 12.4. The second-order valence-electron chi connectivity index (χ2n) is 6.53. The molecule has 4 nitrogen and oxygen atoms in total. The van der Waals surface area contributed by atoms with Crippen molar-refractivity contribution in [2.24, 2.45) is 5.92 Å². The molecule has 2 aromatic rings. The summed E-state index contributed by atoms with van der Waals surface area (Å²) in [4.78, 5) is 16.0. The number of hydrogen-bond acceptors (Lipinski definition) is 3. The lowest BCUT2D eigenvalue weighted by molar-refractivity contribution is -0.120. The molecule has 0 aliphatic heterocycles. The Bertz CT molecular complexity index is 775. The first-order valence-corrected chi connectivity index (χ1v) is 8.36. The van der Waals surface area contributed by atoms with Gasteiger partial charge in [0.1, 0.15) is 5.82 Å². The average molecular weight is 364 g/mol. The molecule has 0 radical (unpaired) electrons. The largest absolute Gasteiger partial charge is 0.477 e. The Morgan fingerprint density at radius 1 is 1.23 bits per heavy atom. The number of hydrogen-bond donors (Lipinski definition) is 1. The van der Waals surface area contributed by atoms with Gasteiger partial charge in [-0.3, -0.25) is 4.79 Å². The Labute approximate surface area is 149 Å². The quantitative estimate of drug-likeness (QED) is 0.818. The summed E-state index contributed by atoms with van der Waals surface area (Å²) in [6, 6.07) is 9.28. The lowest BCUT2D eigenvalue weighted by Gasteiger charge is -2.34. The Morgan fingerprint density at radius 3 is 2.77 bits per heavy atom. The van der Waals surface area contributed by atoms with Crippen LogP contribution in [0.5, 0.6) is 5.88 Å². The minimum atomic E-state index is -2.56. The van der Waals surface area contributed by atoms with Crippen molar-refractivity contribution in [3.63, 3.8) is 0 Å². The van der Waals surface area contributed by atoms with Gasteiger partial charge in [0.05, 0.1) is 13.0 Å². The highest BCUT2D eigenvalue weighted by Crippen LogP contribution is 2.42. The van der Waals surface area contributed by atoms with Crippen LogP contribution in [0.3, 0.4) is 0 Å². The Hall–Kier alpha value is -2.57. The van der Waals surface area contributed by atoms with Gasteiger partial charge in [0.25, 0.3) is 0 Å². The molecule has 26 heavy (non-hydrogen) atoms. The van der Waals surface area contributed by atoms with E-state index in [2.05, 4.69) is 10.3 Å². The SMILES string of the molecule is O=C(Cc1cccc(F)c1)NCc1ccnc(OCC2CC(F)(F)C2)c1. The number of amides is 1. The van der Waals surface area contributed by atoms with Crippen LogP contribution in [0.1, 0.15) is 24.0 Å². The fraction of sp³-hybridized carbons (Fsp3) is 0.368. The number of halogens is 3. The molecule has 0 spiro atoms. The topological polar surface area (TPSA) is 51.2 Å². The highest BCUT2D eigenvalue weighted by atomic mass is 19.3. The molecule has 1 saturated carbocycles. The standard InChI is InChI=1S/C19H19F3N2O2/c20-16-3-1-2-13(6-16)7-17(25)24-11-14-4-5-23-18(8-14)26-12-15-9-19(21,22)10-15/h1-6,8,15H,7,9-12H2,(H,24,25). The van der Waals surface area contributed by atoms with Crippen LogP contribution in [0.2, 0.25) is 0 Å². The number of pyridine rings is 1. The van der Waals surface area contributed by atoms with Crippen molar-refractivity contribution in [3.05, 3.63) is 59.5 Å². The zero-order chi connectivity index (χ0) is 18.6. The van der Waals surface area contributed by atoms with E-state index < -0.39 is 5.92 Å². The fourth-order valence-corrected chi connectivity index (χ4v) is 2.84. The summed E-state index contributed by atoms with van der Waals surface area (Å²) in [5.41, 5.74) is 1.38. The van der Waals surface area contributed by atoms with Gasteiger partial charge in [-0.25, -0.2) is 18.2 Å². The number of benzene rings is 1. The molecule has 1 fully saturated rings. The molecular formula is C19H19F3N2O2. The summed E-state index contributed by atoms with van der Waals surface area (Å²) < 4.78 is 44.2. The average Bonchev–Trinajstić information content (AvgIpc) is 2.57. The van der Waals surface area contributed by atoms with Crippen LogP contribution in [-0.2, 0) is 17.8 Å². The highest BCUT2D eigenvalue weighted by molar-refractivity contribution is 5.78. The smallest absolute Gasteiger partial charge is 0.248 e. The number of nitrogens with one attached hydrogen (secondary N) is 1. The molecule has 1 aliphatic rings. The summed E-state index contributed by atoms with van der Waals surface area (Å²) in [7, 11) is 0. The number of carbonyl (C=O) groups is 1. The molecule has 138 valence electrons. The predicted octanol–water partition coefficient (Wildman–Crippen LogP) is 3.50. The molecule has 1 N–H and O–H groups in total. The van der Waals surface area contributed by atoms with Gasteiger partial charge in [-0.1, -0.05) is 12.1 Å². The minimum Gasteiger partial charge on any atom is -0.477 e. The van der Waals surface area contributed by atoms with Crippen molar-refractivity contribution in [1.29, 1.82) is 0 Å². The molecule has 1 aromatic heterocycles. The van der Waals surface area contributed by atoms with Gasteiger partial charge in [-0.05, 0) is 29.3 Å². The summed E-state index contributed by atoms with van der Waals surface area (Å²) in [5, 5.41) is 2.75. The molecule has 0 saturated heterocycles. The van der Waals surface area contributed by atoms with E-state index in [0.717, 1.165) is 5.56 Å². The number of aromatic nitrogens is 1. The first-order valence-electron chi connectivity index (χ1n) is 8.36. The van der Waals surface area contributed by atoms with Crippen molar-refractivity contribution in [2.75, 3.05) is 6.61 Å². The maximum atomic E-state index is 13.1. The Balaban J connectivity index is 1.45. The van der Waals surface area contributed by atoms with Crippen LogP contribution >= 0.6 is 0 Å². The number of carbonyl (C=O) groups excluding carboxylic acids is 1. The summed E-state index contributed by atoms with van der Waals surface area (Å²) >= 11 is 0. The number of alkyl halides is 2. The van der Waals surface area contributed by atoms with E-state index in [4.69, 9.17) is 4.74 Å². The van der Waals surface area contributed by atoms with Gasteiger partial charge < -0.3 is 10.1 Å². The van der Waals surface area contributed by atoms with Crippen LogP contribution in [0.15, 0.2) is 42.6 Å². The molecule has 0 bridgehead atoms. The van der Waals surface area contributed by atoms with Crippen LogP contribution in [0.25, 0.3) is 0 Å². The number of nitrogens with zero attached hydrogens (tertiary/aromatic N) is 1. The van der Waals surface area contributed by atoms with Crippen molar-refractivity contribution in [1.82, 2.24) is 10.3 Å². The molecule has 1 amide bonds. The number of ether oxygens (including phenoxy) is 1. The maximum Gasteiger partial charge on any atom is 0.248 e. The van der Waals surface area contributed by atoms with Crippen LogP contribution in [-0.4, -0.2) is 23.4 Å². The zero-order valence-corrected chi connectivity index (χ0v) is 14.1. The van der Waals surface area contributed by atoms with E-state index in [1.165, 1.54) is 12.1 Å². The fourth-order valence-electron chi connectivity index (χ4n) is 2.84. The number of rotatable bonds is 7. The van der Waals surface area contributed by atoms with Gasteiger partial charge in [0.15, 0.2) is 0 Å². The third-order valence-electron chi connectivity index (χ3n) is 4.18. The monoisotopic (exact) mass is 364 g/mol. The van der Waals surface area contributed by atoms with E-state index in [1.54, 1.807) is 30.5 Å². The van der Waals surface area contributed by atoms with Crippen molar-refractivity contribution >= 4 is 5.91 Å². The molecule has 0 unspecified atom stereocenters. The maximum absolute atomic E-state index is 13.1. The van der Waals surface area contributed by atoms with Gasteiger partial charge in [-0.2, -0.15) is 0 Å². The zero-order valence-electron chi connectivity index (χ0n) is 14.1. The summed E-state index contributed by atoms with van der Waals surface area (Å²) in [6.45, 7) is 0.479. The molecule has 7 heteroatoms. The van der Waals surface area contributed by atoms with E-state index in [9.17, 15) is 18.0 Å². The second kappa shape index (κ2) is 7.76. The van der Waals surface area contributed by atoms with Crippen molar-refractivity contribution < 1.29 is 22.7 Å². The highest BCUT2D eigenvalue weighted by Gasteiger charge is 2.45. The predicted molar refractivity (Wildman–Crippen MR) is 89.4 cm³/mol. The van der Waals surface area contributed by atoms with Crippen molar-refractivity contribution in [2.45, 2.75) is 31.7 Å². The molecule has 3 rings (SSSR count). The Kier molecular flexibility index (Phi) is 5.44. The molecule has 1 heterocycles. The van der Waals surface area contributed by atoms with Crippen molar-refractivity contribution in [3.8, 4) is 5.88 Å². The van der Waals surface area contributed by atoms with E-state index >= 15 is 0 Å². The molecule has 0 atom stereocenters. The molecular weight excluding hydrogens is 345 g/mol. The second-order valence-corrected chi connectivity index (χ2v) is 6.53. The third-order valence-corrected chi connectivity index (χ3v) is 4.18. The lowest BCUT2D eigenvalue weighted by Crippen LogP contribution is -2.38. The van der Waals surface area contributed by atoms with Gasteiger partial charge in [0.2, 0.25) is 17.7 Å². The first kappa shape index (κ1) is 18.2. The minimum absolute atomic E-state index is 0.0854. The van der Waals surface area contributed by atoms with Crippen LogP contribution in [0, 0.1) is 11.7 Å². The van der Waals surface area contributed by atoms with E-state index in [1.807, 2.05) is 0 Å². The van der Waals surface area contributed by atoms with Crippen LogP contribution < -0.4 is 10.1 Å². The van der Waals surface area contributed by atoms with E-state index in [-0.39, 0.29) is 50.1 Å². The van der Waals surface area contributed by atoms with Gasteiger partial charge in [-0.15, -0.1) is 0 Å². The third kappa shape index (κ3) is 5.21. The van der Waals surface area contributed by atoms with E-state index in [0.29, 0.717) is 11.4 Å². The normalized spacial score (nSPS) is 16.0. The van der Waals surface area contributed by atoms with Gasteiger partial charge in [0, 0.05) is 37.6 Å². The molecule has 1 aliphatic carbocycles. The molecule has 1 aromatic carbocycles. The Morgan fingerprint density at radius 2 is 2.04 bits per heavy atom.